The summed E-state index contributed by atoms with van der Waals surface area (Å²) in [6, 6.07) is 11.9. The monoisotopic (exact) mass is 634 g/mol. The van der Waals surface area contributed by atoms with E-state index in [0.29, 0.717) is 42.6 Å². The molecule has 1 atom stereocenters. The van der Waals surface area contributed by atoms with Crippen LogP contribution in [0.2, 0.25) is 5.02 Å². The first-order valence-electron chi connectivity index (χ1n) is 12.4. The van der Waals surface area contributed by atoms with Crippen molar-refractivity contribution in [3.63, 3.8) is 0 Å². The van der Waals surface area contributed by atoms with E-state index in [4.69, 9.17) is 21.1 Å². The average Bonchev–Trinajstić information content (AvgIpc) is 2.93. The van der Waals surface area contributed by atoms with Gasteiger partial charge in [-0.1, -0.05) is 29.8 Å². The first kappa shape index (κ1) is 27.6. The van der Waals surface area contributed by atoms with Crippen LogP contribution in [0.1, 0.15) is 30.7 Å². The summed E-state index contributed by atoms with van der Waals surface area (Å²) in [7, 11) is 3.22. The molecule has 1 aromatic heterocycles. The minimum absolute atomic E-state index is 0.0327. The number of benzene rings is 2. The molecule has 1 saturated heterocycles. The van der Waals surface area contributed by atoms with Gasteiger partial charge in [0.2, 0.25) is 5.91 Å². The van der Waals surface area contributed by atoms with Gasteiger partial charge in [0.05, 0.1) is 19.2 Å². The van der Waals surface area contributed by atoms with Crippen LogP contribution in [0.15, 0.2) is 48.8 Å². The molecule has 0 spiro atoms. The molecular formula is C28H32ClIN4O3. The van der Waals surface area contributed by atoms with Crippen LogP contribution in [0.25, 0.3) is 11.1 Å². The van der Waals surface area contributed by atoms with Gasteiger partial charge < -0.3 is 14.8 Å². The van der Waals surface area contributed by atoms with E-state index in [2.05, 4.69) is 54.9 Å². The van der Waals surface area contributed by atoms with Crippen molar-refractivity contribution in [3.8, 4) is 22.6 Å². The Bertz CT molecular complexity index is 1210. The summed E-state index contributed by atoms with van der Waals surface area (Å²) in [5.74, 6) is 2.45. The molecule has 4 rings (SSSR count). The molecule has 1 N–H and O–H groups in total. The summed E-state index contributed by atoms with van der Waals surface area (Å²) >= 11 is 8.76. The van der Waals surface area contributed by atoms with Crippen molar-refractivity contribution in [1.29, 1.82) is 0 Å². The number of likely N-dealkylation sites (tertiary alicyclic amines) is 1. The SMILES string of the molecule is COc1ccc(-c2cnc(CCC(=O)NCC3CCCN(Cc4cccc(I)c4Cl)C3)nc2)cc1OC. The number of rotatable bonds is 10. The fraction of sp³-hybridized carbons (Fsp3) is 0.393. The zero-order valence-corrected chi connectivity index (χ0v) is 24.1. The number of amides is 1. The number of methoxy groups -OCH3 is 2. The highest BCUT2D eigenvalue weighted by atomic mass is 127. The number of carbonyl (C=O) groups is 1. The van der Waals surface area contributed by atoms with Gasteiger partial charge >= 0.3 is 0 Å². The van der Waals surface area contributed by atoms with Crippen LogP contribution in [-0.2, 0) is 17.8 Å². The first-order valence-corrected chi connectivity index (χ1v) is 13.9. The second-order valence-corrected chi connectivity index (χ2v) is 10.8. The third-order valence-electron chi connectivity index (χ3n) is 6.61. The summed E-state index contributed by atoms with van der Waals surface area (Å²) in [6.45, 7) is 3.55. The van der Waals surface area contributed by atoms with Gasteiger partial charge in [-0.25, -0.2) is 9.97 Å². The molecule has 9 heteroatoms. The summed E-state index contributed by atoms with van der Waals surface area (Å²) in [5, 5.41) is 3.96. The lowest BCUT2D eigenvalue weighted by atomic mass is 9.97. The Morgan fingerprint density at radius 2 is 1.92 bits per heavy atom. The van der Waals surface area contributed by atoms with Crippen LogP contribution in [0.3, 0.4) is 0 Å². The van der Waals surface area contributed by atoms with E-state index >= 15 is 0 Å². The molecule has 0 radical (unpaired) electrons. The molecule has 7 nitrogen and oxygen atoms in total. The van der Waals surface area contributed by atoms with Gasteiger partial charge in [-0.05, 0) is 77.2 Å². The molecule has 1 amide bonds. The lowest BCUT2D eigenvalue weighted by Gasteiger charge is -2.33. The molecule has 2 aromatic carbocycles. The van der Waals surface area contributed by atoms with Crippen molar-refractivity contribution in [1.82, 2.24) is 20.2 Å². The van der Waals surface area contributed by atoms with Gasteiger partial charge in [0.1, 0.15) is 5.82 Å². The summed E-state index contributed by atoms with van der Waals surface area (Å²) in [4.78, 5) is 23.9. The minimum Gasteiger partial charge on any atom is -0.493 e. The number of aromatic nitrogens is 2. The smallest absolute Gasteiger partial charge is 0.220 e. The van der Waals surface area contributed by atoms with Crippen LogP contribution >= 0.6 is 34.2 Å². The fourth-order valence-electron chi connectivity index (χ4n) is 4.59. The second kappa shape index (κ2) is 13.4. The topological polar surface area (TPSA) is 76.6 Å². The highest BCUT2D eigenvalue weighted by molar-refractivity contribution is 14.1. The molecule has 1 unspecified atom stereocenters. The molecule has 196 valence electrons. The third-order valence-corrected chi connectivity index (χ3v) is 8.28. The van der Waals surface area contributed by atoms with Gasteiger partial charge in [-0.15, -0.1) is 0 Å². The zero-order chi connectivity index (χ0) is 26.2. The minimum atomic E-state index is 0.0327. The molecule has 0 aliphatic carbocycles. The zero-order valence-electron chi connectivity index (χ0n) is 21.2. The van der Waals surface area contributed by atoms with Crippen LogP contribution in [0, 0.1) is 9.49 Å². The van der Waals surface area contributed by atoms with Crippen molar-refractivity contribution < 1.29 is 14.3 Å². The number of hydrogen-bond donors (Lipinski definition) is 1. The number of piperidine rings is 1. The number of nitrogens with one attached hydrogen (secondary N) is 1. The quantitative estimate of drug-likeness (QED) is 0.302. The molecule has 1 aliphatic rings. The maximum Gasteiger partial charge on any atom is 0.220 e. The largest absolute Gasteiger partial charge is 0.493 e. The molecule has 0 saturated carbocycles. The molecule has 1 fully saturated rings. The lowest BCUT2D eigenvalue weighted by Crippen LogP contribution is -2.40. The van der Waals surface area contributed by atoms with E-state index in [1.54, 1.807) is 26.6 Å². The van der Waals surface area contributed by atoms with Crippen molar-refractivity contribution in [2.75, 3.05) is 33.9 Å². The maximum absolute atomic E-state index is 12.5. The lowest BCUT2D eigenvalue weighted by molar-refractivity contribution is -0.121. The van der Waals surface area contributed by atoms with E-state index < -0.39 is 0 Å². The van der Waals surface area contributed by atoms with E-state index in [0.717, 1.165) is 57.8 Å². The predicted octanol–water partition coefficient (Wildman–Crippen LogP) is 5.38. The number of aryl methyl sites for hydroxylation is 1. The van der Waals surface area contributed by atoms with E-state index in [9.17, 15) is 4.79 Å². The van der Waals surface area contributed by atoms with Crippen LogP contribution in [0.5, 0.6) is 11.5 Å². The van der Waals surface area contributed by atoms with Crippen LogP contribution < -0.4 is 14.8 Å². The van der Waals surface area contributed by atoms with Crippen molar-refractivity contribution in [2.24, 2.45) is 5.92 Å². The molecule has 2 heterocycles. The second-order valence-electron chi connectivity index (χ2n) is 9.22. The van der Waals surface area contributed by atoms with Gasteiger partial charge in [-0.3, -0.25) is 9.69 Å². The van der Waals surface area contributed by atoms with Crippen molar-refractivity contribution in [3.05, 3.63) is 68.8 Å². The number of hydrogen-bond acceptors (Lipinski definition) is 6. The molecular weight excluding hydrogens is 603 g/mol. The Kier molecular flexibility index (Phi) is 9.99. The molecule has 0 bridgehead atoms. The Labute approximate surface area is 237 Å². The third kappa shape index (κ3) is 7.55. The molecule has 3 aromatic rings. The number of halogens is 2. The maximum atomic E-state index is 12.5. The summed E-state index contributed by atoms with van der Waals surface area (Å²) in [5.41, 5.74) is 2.98. The standard InChI is InChI=1S/C28H32ClIN4O3/c1-36-24-9-8-20(13-25(24)37-2)22-15-31-26(32-16-22)10-11-27(35)33-14-19-5-4-12-34(17-19)18-21-6-3-7-23(30)28(21)29/h3,6-9,13,15-16,19H,4-5,10-12,14,17-18H2,1-2H3,(H,33,35). The Morgan fingerprint density at radius 3 is 2.68 bits per heavy atom. The van der Waals surface area contributed by atoms with Gasteiger partial charge in [0, 0.05) is 54.0 Å². The van der Waals surface area contributed by atoms with Gasteiger partial charge in [0.25, 0.3) is 0 Å². The van der Waals surface area contributed by atoms with E-state index in [1.165, 1.54) is 0 Å². The number of nitrogens with zero attached hydrogens (tertiary/aromatic N) is 3. The van der Waals surface area contributed by atoms with Crippen molar-refractivity contribution >= 4 is 40.1 Å². The number of carbonyl (C=O) groups excluding carboxylic acids is 1. The Hall–Kier alpha value is -2.43. The van der Waals surface area contributed by atoms with Gasteiger partial charge in [-0.2, -0.15) is 0 Å². The predicted molar refractivity (Wildman–Crippen MR) is 154 cm³/mol. The normalized spacial score (nSPS) is 15.8. The van der Waals surface area contributed by atoms with Crippen LogP contribution in [-0.4, -0.2) is 54.6 Å². The highest BCUT2D eigenvalue weighted by Crippen LogP contribution is 2.32. The average molecular weight is 635 g/mol. The Balaban J connectivity index is 1.23. The Morgan fingerprint density at radius 1 is 1.14 bits per heavy atom. The highest BCUT2D eigenvalue weighted by Gasteiger charge is 2.21. The van der Waals surface area contributed by atoms with E-state index in [-0.39, 0.29) is 5.91 Å². The fourth-order valence-corrected chi connectivity index (χ4v) is 5.33. The first-order chi connectivity index (χ1) is 18.0. The van der Waals surface area contributed by atoms with Crippen LogP contribution in [0.4, 0.5) is 0 Å². The van der Waals surface area contributed by atoms with Crippen molar-refractivity contribution in [2.45, 2.75) is 32.2 Å². The molecule has 1 aliphatic heterocycles. The molecule has 37 heavy (non-hydrogen) atoms. The summed E-state index contributed by atoms with van der Waals surface area (Å²) < 4.78 is 11.8. The van der Waals surface area contributed by atoms with Gasteiger partial charge in [0.15, 0.2) is 11.5 Å². The summed E-state index contributed by atoms with van der Waals surface area (Å²) in [6.07, 6.45) is 6.67. The number of ether oxygens (including phenoxy) is 2. The van der Waals surface area contributed by atoms with E-state index in [1.807, 2.05) is 24.3 Å².